The van der Waals surface area contributed by atoms with Gasteiger partial charge in [0.1, 0.15) is 5.58 Å². The average Bonchev–Trinajstić information content (AvgIpc) is 3.28. The molecule has 1 aliphatic carbocycles. The van der Waals surface area contributed by atoms with Crippen LogP contribution in [-0.2, 0) is 33.6 Å². The minimum Gasteiger partial charge on any atom is -0.464 e. The van der Waals surface area contributed by atoms with Crippen LogP contribution in [0.5, 0.6) is 0 Å². The van der Waals surface area contributed by atoms with Gasteiger partial charge in [0, 0.05) is 16.6 Å². The van der Waals surface area contributed by atoms with Crippen molar-refractivity contribution < 1.29 is 18.7 Å². The molecule has 4 rings (SSSR count). The number of hydrogen-bond donors (Lipinski definition) is 1. The Kier molecular flexibility index (Phi) is 4.90. The van der Waals surface area contributed by atoms with Crippen molar-refractivity contribution in [2.45, 2.75) is 45.6 Å². The minimum atomic E-state index is -0.880. The molecule has 1 unspecified atom stereocenters. The molecule has 1 amide bonds. The normalized spacial score (nSPS) is 13.9. The van der Waals surface area contributed by atoms with Crippen LogP contribution in [0.15, 0.2) is 47.1 Å². The molecular weight excluding hydrogens is 354 g/mol. The van der Waals surface area contributed by atoms with Gasteiger partial charge >= 0.3 is 5.97 Å². The van der Waals surface area contributed by atoms with Gasteiger partial charge in [0.05, 0.1) is 12.7 Å². The number of hydrogen-bond acceptors (Lipinski definition) is 4. The molecule has 0 fully saturated rings. The van der Waals surface area contributed by atoms with Gasteiger partial charge in [-0.05, 0) is 68.0 Å². The third kappa shape index (κ3) is 3.65. The SMILES string of the molecule is Cc1ccccc1NC(=O)C(C)OC(=O)Cc1coc2cc3c(cc12)CCC3. The fourth-order valence-electron chi connectivity index (χ4n) is 3.68. The highest BCUT2D eigenvalue weighted by molar-refractivity contribution is 5.96. The van der Waals surface area contributed by atoms with Crippen molar-refractivity contribution >= 4 is 28.5 Å². The number of nitrogens with one attached hydrogen (secondary N) is 1. The molecule has 144 valence electrons. The van der Waals surface area contributed by atoms with E-state index in [0.717, 1.165) is 41.4 Å². The number of carbonyl (C=O) groups is 2. The Morgan fingerprint density at radius 3 is 2.71 bits per heavy atom. The topological polar surface area (TPSA) is 68.5 Å². The van der Waals surface area contributed by atoms with Gasteiger partial charge in [0.2, 0.25) is 0 Å². The molecule has 28 heavy (non-hydrogen) atoms. The van der Waals surface area contributed by atoms with Crippen molar-refractivity contribution in [3.63, 3.8) is 0 Å². The van der Waals surface area contributed by atoms with E-state index in [0.29, 0.717) is 5.69 Å². The first-order valence-corrected chi connectivity index (χ1v) is 9.59. The molecule has 5 nitrogen and oxygen atoms in total. The summed E-state index contributed by atoms with van der Waals surface area (Å²) in [6.45, 7) is 3.49. The standard InChI is InChI=1S/C23H23NO4/c1-14-6-3-4-9-20(14)24-23(26)15(2)28-22(25)12-18-13-27-21-11-17-8-5-7-16(17)10-19(18)21/h3-4,6,9-11,13,15H,5,7-8,12H2,1-2H3,(H,24,26). The van der Waals surface area contributed by atoms with Crippen LogP contribution in [0.1, 0.15) is 35.6 Å². The average molecular weight is 377 g/mol. The van der Waals surface area contributed by atoms with Crippen LogP contribution >= 0.6 is 0 Å². The predicted octanol–water partition coefficient (Wildman–Crippen LogP) is 4.34. The van der Waals surface area contributed by atoms with E-state index in [9.17, 15) is 9.59 Å². The lowest BCUT2D eigenvalue weighted by atomic mass is 10.0. The molecule has 1 aromatic heterocycles. The van der Waals surface area contributed by atoms with Gasteiger partial charge < -0.3 is 14.5 Å². The summed E-state index contributed by atoms with van der Waals surface area (Å²) in [7, 11) is 0. The Morgan fingerprint density at radius 2 is 1.93 bits per heavy atom. The number of aryl methyl sites for hydroxylation is 3. The van der Waals surface area contributed by atoms with Crippen molar-refractivity contribution in [1.29, 1.82) is 0 Å². The Bertz CT molecular complexity index is 1050. The Hall–Kier alpha value is -3.08. The number of carbonyl (C=O) groups excluding carboxylic acids is 2. The molecule has 2 aromatic carbocycles. The lowest BCUT2D eigenvalue weighted by Gasteiger charge is -2.14. The second-order valence-corrected chi connectivity index (χ2v) is 7.34. The van der Waals surface area contributed by atoms with Crippen LogP contribution in [-0.4, -0.2) is 18.0 Å². The van der Waals surface area contributed by atoms with E-state index in [1.807, 2.05) is 31.2 Å². The Morgan fingerprint density at radius 1 is 1.18 bits per heavy atom. The quantitative estimate of drug-likeness (QED) is 0.672. The molecule has 0 aliphatic heterocycles. The number of esters is 1. The van der Waals surface area contributed by atoms with Gasteiger partial charge in [-0.25, -0.2) is 0 Å². The first-order valence-electron chi connectivity index (χ1n) is 9.59. The van der Waals surface area contributed by atoms with E-state index in [4.69, 9.17) is 9.15 Å². The van der Waals surface area contributed by atoms with Crippen LogP contribution in [0.4, 0.5) is 5.69 Å². The van der Waals surface area contributed by atoms with Crippen molar-refractivity contribution in [2.75, 3.05) is 5.32 Å². The van der Waals surface area contributed by atoms with Crippen LogP contribution in [0, 0.1) is 6.92 Å². The summed E-state index contributed by atoms with van der Waals surface area (Å²) in [5.41, 5.74) is 5.92. The van der Waals surface area contributed by atoms with Gasteiger partial charge in [-0.3, -0.25) is 9.59 Å². The number of amides is 1. The maximum Gasteiger partial charge on any atom is 0.311 e. The van der Waals surface area contributed by atoms with E-state index >= 15 is 0 Å². The summed E-state index contributed by atoms with van der Waals surface area (Å²) in [6, 6.07) is 11.7. The fourth-order valence-corrected chi connectivity index (χ4v) is 3.68. The summed E-state index contributed by atoms with van der Waals surface area (Å²) in [6.07, 6.45) is 4.11. The number of fused-ring (bicyclic) bond motifs is 2. The molecule has 0 spiro atoms. The lowest BCUT2D eigenvalue weighted by Crippen LogP contribution is -2.30. The van der Waals surface area contributed by atoms with E-state index in [2.05, 4.69) is 17.4 Å². The van der Waals surface area contributed by atoms with Crippen molar-refractivity contribution in [3.05, 3.63) is 64.9 Å². The Balaban J connectivity index is 1.41. The van der Waals surface area contributed by atoms with Gasteiger partial charge in [-0.1, -0.05) is 18.2 Å². The lowest BCUT2D eigenvalue weighted by molar-refractivity contribution is -0.152. The third-order valence-electron chi connectivity index (χ3n) is 5.28. The van der Waals surface area contributed by atoms with Crippen LogP contribution in [0.25, 0.3) is 11.0 Å². The van der Waals surface area contributed by atoms with Gasteiger partial charge in [-0.15, -0.1) is 0 Å². The first kappa shape index (κ1) is 18.3. The molecule has 0 bridgehead atoms. The number of benzene rings is 2. The fraction of sp³-hybridized carbons (Fsp3) is 0.304. The Labute approximate surface area is 163 Å². The highest BCUT2D eigenvalue weighted by Gasteiger charge is 2.21. The summed E-state index contributed by atoms with van der Waals surface area (Å²) < 4.78 is 11.0. The third-order valence-corrected chi connectivity index (χ3v) is 5.28. The van der Waals surface area contributed by atoms with Crippen LogP contribution in [0.3, 0.4) is 0 Å². The van der Waals surface area contributed by atoms with Gasteiger partial charge in [0.25, 0.3) is 5.91 Å². The summed E-state index contributed by atoms with van der Waals surface area (Å²) in [5.74, 6) is -0.798. The molecule has 3 aromatic rings. The summed E-state index contributed by atoms with van der Waals surface area (Å²) >= 11 is 0. The number of para-hydroxylation sites is 1. The molecule has 1 aliphatic rings. The molecule has 1 heterocycles. The molecule has 0 saturated carbocycles. The maximum absolute atomic E-state index is 12.4. The molecule has 5 heteroatoms. The van der Waals surface area contributed by atoms with E-state index in [1.54, 1.807) is 13.2 Å². The number of ether oxygens (including phenoxy) is 1. The highest BCUT2D eigenvalue weighted by atomic mass is 16.5. The number of anilines is 1. The molecule has 0 saturated heterocycles. The van der Waals surface area contributed by atoms with Crippen molar-refractivity contribution in [1.82, 2.24) is 0 Å². The monoisotopic (exact) mass is 377 g/mol. The smallest absolute Gasteiger partial charge is 0.311 e. The molecule has 1 N–H and O–H groups in total. The number of rotatable bonds is 5. The summed E-state index contributed by atoms with van der Waals surface area (Å²) in [5, 5.41) is 3.75. The van der Waals surface area contributed by atoms with Crippen molar-refractivity contribution in [3.8, 4) is 0 Å². The van der Waals surface area contributed by atoms with E-state index in [-0.39, 0.29) is 12.3 Å². The first-order chi connectivity index (χ1) is 13.5. The zero-order chi connectivity index (χ0) is 19.7. The zero-order valence-corrected chi connectivity index (χ0v) is 16.1. The maximum atomic E-state index is 12.4. The predicted molar refractivity (Wildman–Crippen MR) is 107 cm³/mol. The van der Waals surface area contributed by atoms with Crippen molar-refractivity contribution in [2.24, 2.45) is 0 Å². The second-order valence-electron chi connectivity index (χ2n) is 7.34. The highest BCUT2D eigenvalue weighted by Crippen LogP contribution is 2.30. The zero-order valence-electron chi connectivity index (χ0n) is 16.1. The molecular formula is C23H23NO4. The van der Waals surface area contributed by atoms with Gasteiger partial charge in [0.15, 0.2) is 6.10 Å². The number of furan rings is 1. The largest absolute Gasteiger partial charge is 0.464 e. The minimum absolute atomic E-state index is 0.0772. The molecule has 0 radical (unpaired) electrons. The van der Waals surface area contributed by atoms with Crippen LogP contribution in [0.2, 0.25) is 0 Å². The summed E-state index contributed by atoms with van der Waals surface area (Å²) in [4.78, 5) is 24.7. The van der Waals surface area contributed by atoms with E-state index < -0.39 is 12.1 Å². The molecule has 1 atom stereocenters. The van der Waals surface area contributed by atoms with Gasteiger partial charge in [-0.2, -0.15) is 0 Å². The second kappa shape index (κ2) is 7.50. The van der Waals surface area contributed by atoms with Crippen LogP contribution < -0.4 is 5.32 Å². The van der Waals surface area contributed by atoms with E-state index in [1.165, 1.54) is 11.1 Å².